The van der Waals surface area contributed by atoms with Crippen molar-refractivity contribution in [3.05, 3.63) is 193 Å². The van der Waals surface area contributed by atoms with E-state index < -0.39 is 0 Å². The molecule has 0 atom stereocenters. The van der Waals surface area contributed by atoms with Gasteiger partial charge in [-0.1, -0.05) is 170 Å². The van der Waals surface area contributed by atoms with E-state index >= 15 is 0 Å². The van der Waals surface area contributed by atoms with Crippen LogP contribution in [0.3, 0.4) is 0 Å². The second kappa shape index (κ2) is 12.3. The summed E-state index contributed by atoms with van der Waals surface area (Å²) in [6.45, 7) is 4.46. The third-order valence-electron chi connectivity index (χ3n) is 10.3. The lowest BCUT2D eigenvalue weighted by Gasteiger charge is -2.20. The first-order valence-electron chi connectivity index (χ1n) is 17.4. The predicted molar refractivity (Wildman–Crippen MR) is 216 cm³/mol. The van der Waals surface area contributed by atoms with Crippen molar-refractivity contribution in [3.8, 4) is 55.6 Å². The summed E-state index contributed by atoms with van der Waals surface area (Å²) < 4.78 is 0. The summed E-state index contributed by atoms with van der Waals surface area (Å²) in [7, 11) is 0. The zero-order chi connectivity index (χ0) is 33.6. The van der Waals surface area contributed by atoms with Crippen LogP contribution in [0.1, 0.15) is 11.1 Å². The Bertz CT molecular complexity index is 2660. The van der Waals surface area contributed by atoms with Crippen molar-refractivity contribution in [1.29, 1.82) is 0 Å². The van der Waals surface area contributed by atoms with Crippen molar-refractivity contribution in [2.24, 2.45) is 0 Å². The maximum absolute atomic E-state index is 2.38. The van der Waals surface area contributed by atoms with Crippen molar-refractivity contribution in [1.82, 2.24) is 0 Å². The van der Waals surface area contributed by atoms with Crippen LogP contribution in [-0.4, -0.2) is 0 Å². The Morgan fingerprint density at radius 2 is 0.760 bits per heavy atom. The van der Waals surface area contributed by atoms with Crippen molar-refractivity contribution in [3.63, 3.8) is 0 Å². The van der Waals surface area contributed by atoms with Gasteiger partial charge in [0.1, 0.15) is 0 Å². The van der Waals surface area contributed by atoms with Gasteiger partial charge in [0.05, 0.1) is 0 Å². The van der Waals surface area contributed by atoms with Crippen LogP contribution >= 0.6 is 0 Å². The molecular formula is C50H36. The van der Waals surface area contributed by atoms with E-state index in [4.69, 9.17) is 0 Å². The van der Waals surface area contributed by atoms with Crippen LogP contribution in [0, 0.1) is 13.8 Å². The summed E-state index contributed by atoms with van der Waals surface area (Å²) in [5, 5.41) is 7.62. The molecule has 0 aliphatic rings. The van der Waals surface area contributed by atoms with Gasteiger partial charge < -0.3 is 0 Å². The molecular weight excluding hydrogens is 601 g/mol. The van der Waals surface area contributed by atoms with Gasteiger partial charge >= 0.3 is 0 Å². The number of aryl methyl sites for hydroxylation is 2. The first kappa shape index (κ1) is 29.9. The highest BCUT2D eigenvalue weighted by atomic mass is 14.2. The van der Waals surface area contributed by atoms with Gasteiger partial charge in [-0.05, 0) is 125 Å². The second-order valence-corrected chi connectivity index (χ2v) is 13.4. The van der Waals surface area contributed by atoms with Crippen LogP contribution < -0.4 is 0 Å². The lowest BCUT2D eigenvalue weighted by Crippen LogP contribution is -1.93. The predicted octanol–water partition coefficient (Wildman–Crippen LogP) is 14.1. The van der Waals surface area contributed by atoms with Crippen molar-refractivity contribution >= 4 is 32.3 Å². The van der Waals surface area contributed by atoms with E-state index in [9.17, 15) is 0 Å². The minimum Gasteiger partial charge on any atom is -0.0622 e. The van der Waals surface area contributed by atoms with E-state index in [0.29, 0.717) is 0 Å². The molecule has 0 aliphatic carbocycles. The Balaban J connectivity index is 1.20. The van der Waals surface area contributed by atoms with Gasteiger partial charge in [0.2, 0.25) is 0 Å². The molecule has 0 heteroatoms. The van der Waals surface area contributed by atoms with Gasteiger partial charge in [0.25, 0.3) is 0 Å². The topological polar surface area (TPSA) is 0 Å². The average Bonchev–Trinajstić information content (AvgIpc) is 3.17. The lowest BCUT2D eigenvalue weighted by atomic mass is 9.83. The molecule has 0 aliphatic heterocycles. The minimum absolute atomic E-state index is 1.22. The van der Waals surface area contributed by atoms with E-state index in [1.165, 1.54) is 99.1 Å². The molecule has 236 valence electrons. The highest BCUT2D eigenvalue weighted by Gasteiger charge is 2.19. The highest BCUT2D eigenvalue weighted by Crippen LogP contribution is 2.46. The summed E-state index contributed by atoms with van der Waals surface area (Å²) in [6, 6.07) is 66.8. The number of hydrogen-bond donors (Lipinski definition) is 0. The fourth-order valence-electron chi connectivity index (χ4n) is 7.94. The summed E-state index contributed by atoms with van der Waals surface area (Å²) in [5.74, 6) is 0. The van der Waals surface area contributed by atoms with Gasteiger partial charge in [-0.3, -0.25) is 0 Å². The number of fused-ring (bicyclic) bond motifs is 3. The third kappa shape index (κ3) is 5.09. The zero-order valence-corrected chi connectivity index (χ0v) is 28.3. The van der Waals surface area contributed by atoms with E-state index in [1.807, 2.05) is 0 Å². The Morgan fingerprint density at radius 3 is 1.44 bits per heavy atom. The van der Waals surface area contributed by atoms with Crippen LogP contribution in [-0.2, 0) is 0 Å². The van der Waals surface area contributed by atoms with Gasteiger partial charge in [0.15, 0.2) is 0 Å². The molecule has 0 bridgehead atoms. The zero-order valence-electron chi connectivity index (χ0n) is 28.3. The van der Waals surface area contributed by atoms with E-state index in [0.717, 1.165) is 0 Å². The standard InChI is InChI=1S/C50H36/c1-33-29-39(27-28-41(33)48-32-38-18-7-6-17-36(38)30-34(48)2)37-19-14-20-40(31-37)49-44-23-10-12-25-46(44)50(47-26-13-11-24-45(47)49)43-22-9-8-21-42(43)35-15-4-3-5-16-35/h3-32H,1-2H3. The van der Waals surface area contributed by atoms with Gasteiger partial charge in [0, 0.05) is 0 Å². The maximum Gasteiger partial charge on any atom is -0.00201 e. The molecule has 0 saturated carbocycles. The molecule has 0 spiro atoms. The van der Waals surface area contributed by atoms with Crippen molar-refractivity contribution < 1.29 is 0 Å². The van der Waals surface area contributed by atoms with Crippen LogP contribution in [0.15, 0.2) is 182 Å². The summed E-state index contributed by atoms with van der Waals surface area (Å²) in [6.07, 6.45) is 0. The smallest absolute Gasteiger partial charge is 0.00201 e. The monoisotopic (exact) mass is 636 g/mol. The van der Waals surface area contributed by atoms with E-state index in [1.54, 1.807) is 0 Å². The summed E-state index contributed by atoms with van der Waals surface area (Å²) in [5.41, 5.74) is 15.1. The number of rotatable bonds is 5. The third-order valence-corrected chi connectivity index (χ3v) is 10.3. The molecule has 0 aromatic heterocycles. The molecule has 9 rings (SSSR count). The maximum atomic E-state index is 2.38. The number of hydrogen-bond acceptors (Lipinski definition) is 0. The quantitative estimate of drug-likeness (QED) is 0.165. The Hall–Kier alpha value is -6.24. The summed E-state index contributed by atoms with van der Waals surface area (Å²) in [4.78, 5) is 0. The average molecular weight is 637 g/mol. The summed E-state index contributed by atoms with van der Waals surface area (Å²) >= 11 is 0. The van der Waals surface area contributed by atoms with Gasteiger partial charge in [-0.15, -0.1) is 0 Å². The molecule has 0 fully saturated rings. The Kier molecular flexibility index (Phi) is 7.37. The molecule has 9 aromatic carbocycles. The van der Waals surface area contributed by atoms with E-state index in [-0.39, 0.29) is 0 Å². The van der Waals surface area contributed by atoms with Gasteiger partial charge in [-0.25, -0.2) is 0 Å². The molecule has 0 unspecified atom stereocenters. The number of benzene rings is 9. The fraction of sp³-hybridized carbons (Fsp3) is 0.0400. The Morgan fingerprint density at radius 1 is 0.260 bits per heavy atom. The molecule has 0 saturated heterocycles. The second-order valence-electron chi connectivity index (χ2n) is 13.4. The van der Waals surface area contributed by atoms with Crippen LogP contribution in [0.5, 0.6) is 0 Å². The molecule has 0 radical (unpaired) electrons. The van der Waals surface area contributed by atoms with Crippen molar-refractivity contribution in [2.45, 2.75) is 13.8 Å². The molecule has 0 N–H and O–H groups in total. The largest absolute Gasteiger partial charge is 0.0622 e. The molecule has 9 aromatic rings. The minimum atomic E-state index is 1.22. The molecule has 0 amide bonds. The lowest BCUT2D eigenvalue weighted by molar-refractivity contribution is 1.42. The normalized spacial score (nSPS) is 11.4. The first-order chi connectivity index (χ1) is 24.6. The van der Waals surface area contributed by atoms with Crippen LogP contribution in [0.2, 0.25) is 0 Å². The molecule has 50 heavy (non-hydrogen) atoms. The van der Waals surface area contributed by atoms with Crippen LogP contribution in [0.25, 0.3) is 88.0 Å². The molecule has 0 heterocycles. The van der Waals surface area contributed by atoms with E-state index in [2.05, 4.69) is 196 Å². The SMILES string of the molecule is Cc1cc(-c2cccc(-c3c4ccccc4c(-c4ccccc4-c4ccccc4)c4ccccc34)c2)ccc1-c1cc2ccccc2cc1C. The Labute approximate surface area is 293 Å². The molecule has 0 nitrogen and oxygen atoms in total. The van der Waals surface area contributed by atoms with Crippen molar-refractivity contribution in [2.75, 3.05) is 0 Å². The van der Waals surface area contributed by atoms with Crippen LogP contribution in [0.4, 0.5) is 0 Å². The highest BCUT2D eigenvalue weighted by molar-refractivity contribution is 6.22. The fourth-order valence-corrected chi connectivity index (χ4v) is 7.94. The first-order valence-corrected chi connectivity index (χ1v) is 17.4. The van der Waals surface area contributed by atoms with Gasteiger partial charge in [-0.2, -0.15) is 0 Å².